The number of alkyl carbamates (subject to hydrolysis) is 2. The minimum atomic E-state index is -1.46. The summed E-state index contributed by atoms with van der Waals surface area (Å²) in [6.07, 6.45) is 17.6. The van der Waals surface area contributed by atoms with Crippen molar-refractivity contribution < 1.29 is 69.7 Å². The van der Waals surface area contributed by atoms with Crippen LogP contribution in [0.3, 0.4) is 0 Å². The number of nitrogens with two attached hydrogens (primary N) is 1. The van der Waals surface area contributed by atoms with Gasteiger partial charge in [0.1, 0.15) is 62.9 Å². The lowest BCUT2D eigenvalue weighted by molar-refractivity contribution is -0.0618. The largest absolute Gasteiger partial charge is 0.480 e. The average Bonchev–Trinajstić information content (AvgIpc) is 0.757. The first-order valence-electron chi connectivity index (χ1n) is 32.9. The molecule has 0 unspecified atom stereocenters. The molecule has 0 aromatic heterocycles. The van der Waals surface area contributed by atoms with Gasteiger partial charge in [-0.2, -0.15) is 0 Å². The van der Waals surface area contributed by atoms with Crippen molar-refractivity contribution in [1.82, 2.24) is 10.6 Å². The van der Waals surface area contributed by atoms with Gasteiger partial charge in [0.15, 0.2) is 0 Å². The number of nitrogens with zero attached hydrogens (tertiary/aromatic N) is 3. The Morgan fingerprint density at radius 3 is 1.14 bits per heavy atom. The van der Waals surface area contributed by atoms with Crippen molar-refractivity contribution in [3.05, 3.63) is 217 Å². The van der Waals surface area contributed by atoms with Crippen LogP contribution >= 0.6 is 15.9 Å². The Morgan fingerprint density at radius 1 is 0.485 bits per heavy atom. The summed E-state index contributed by atoms with van der Waals surface area (Å²) in [4.78, 5) is 38.1. The smallest absolute Gasteiger partial charge is 0.459 e. The molecule has 0 radical (unpaired) electrons. The van der Waals surface area contributed by atoms with Crippen molar-refractivity contribution in [2.24, 2.45) is 20.7 Å². The molecule has 3 heterocycles. The fourth-order valence-corrected chi connectivity index (χ4v) is 13.1. The molecule has 3 saturated carbocycles. The van der Waals surface area contributed by atoms with Gasteiger partial charge >= 0.3 is 19.3 Å². The molecule has 6 N–H and O–H groups in total. The van der Waals surface area contributed by atoms with Gasteiger partial charge in [-0.15, -0.1) is 0 Å². The second-order valence-electron chi connectivity index (χ2n) is 28.5. The van der Waals surface area contributed by atoms with E-state index in [-0.39, 0.29) is 58.6 Å². The first kappa shape index (κ1) is 74.6. The van der Waals surface area contributed by atoms with Gasteiger partial charge < -0.3 is 39.5 Å². The van der Waals surface area contributed by atoms with Crippen molar-refractivity contribution in [2.45, 2.75) is 184 Å². The number of ether oxygens (including phenoxy) is 5. The highest BCUT2D eigenvalue weighted by Crippen LogP contribution is 2.52. The highest BCUT2D eigenvalue weighted by Gasteiger charge is 2.53. The molecule has 6 aromatic rings. The molecule has 3 atom stereocenters. The summed E-state index contributed by atoms with van der Waals surface area (Å²) in [6, 6.07) is 33.0. The second kappa shape index (κ2) is 30.4. The number of nitrogens with one attached hydrogen (secondary N) is 2. The lowest BCUT2D eigenvalue weighted by atomic mass is 9.69. The predicted molar refractivity (Wildman–Crippen MR) is 377 cm³/mol. The summed E-state index contributed by atoms with van der Waals surface area (Å²) in [6.45, 7) is 16.3. The summed E-state index contributed by atoms with van der Waals surface area (Å²) in [5.74, 6) is -0.685. The zero-order chi connectivity index (χ0) is 71.8. The standard InChI is InChI=1S/C27H30F2N2O3.C22H22F2N2O.C19H24BrFN2O3.C8H8BFO2/c1-25(2,3)34-24(32)30-23-31-26(4,17-27(33-23)14-5-15-27)21-16-19(10-13-22(21)29)7-6-18-8-11-20(28)12-9-18;1-21(14-22(11-2-12-22)27-20(25)26-21)18-13-16(7-10-19(18)24)4-3-15-5-8-17(23)9-6-15;1-17(2,3)26-16(24)22-15-23-18(4,11-19(25-15)8-5-9-19)13-10-12(20)6-7-14(13)21;10-8-3-1-7(2-4-8)5-6-9(11)12/h6-13,16H,5,14-15,17H2,1-4H3,(H,30,31,32);3-10,13H,2,11-12,14H2,1H3,(H2,25,26);6-7,10H,5,8-9,11H2,1-4H3,(H,22,23,24);1-6,11-12H/b7-6+;4-3+;;6-5+/t26-;21-;18-;/m000./s1. The van der Waals surface area contributed by atoms with Crippen molar-refractivity contribution in [2.75, 3.05) is 0 Å². The van der Waals surface area contributed by atoms with Crippen LogP contribution in [0.4, 0.5) is 35.9 Å². The molecule has 12 rings (SSSR count). The number of amidine groups is 3. The monoisotopic (exact) mass is 1430 g/mol. The van der Waals surface area contributed by atoms with Gasteiger partial charge in [0, 0.05) is 40.4 Å². The first-order chi connectivity index (χ1) is 46.5. The van der Waals surface area contributed by atoms with Gasteiger partial charge in [-0.1, -0.05) is 101 Å². The van der Waals surface area contributed by atoms with E-state index in [9.17, 15) is 31.5 Å². The van der Waals surface area contributed by atoms with Gasteiger partial charge in [0.2, 0.25) is 0 Å². The van der Waals surface area contributed by atoms with Crippen LogP contribution in [0.15, 0.2) is 153 Å². The number of carbonyl (C=O) groups is 2. The molecule has 0 saturated heterocycles. The first-order valence-corrected chi connectivity index (χ1v) is 33.7. The minimum Gasteiger partial charge on any atom is -0.459 e. The Morgan fingerprint density at radius 2 is 0.798 bits per heavy atom. The van der Waals surface area contributed by atoms with E-state index in [2.05, 4.69) is 41.5 Å². The van der Waals surface area contributed by atoms with E-state index < -0.39 is 58.3 Å². The molecule has 3 fully saturated rings. The molecule has 3 spiro atoms. The van der Waals surface area contributed by atoms with Crippen LogP contribution in [-0.4, -0.2) is 75.4 Å². The Hall–Kier alpha value is -8.67. The van der Waals surface area contributed by atoms with E-state index in [0.29, 0.717) is 36.0 Å². The highest BCUT2D eigenvalue weighted by molar-refractivity contribution is 9.10. The Bertz CT molecular complexity index is 4070. The molecule has 99 heavy (non-hydrogen) atoms. The molecular formula is C76H84BBrF6N6O9. The Kier molecular flexibility index (Phi) is 22.9. The fourth-order valence-electron chi connectivity index (χ4n) is 12.7. The van der Waals surface area contributed by atoms with E-state index in [1.165, 1.54) is 66.6 Å². The van der Waals surface area contributed by atoms with Crippen molar-refractivity contribution in [3.8, 4) is 0 Å². The zero-order valence-corrected chi connectivity index (χ0v) is 58.6. The highest BCUT2D eigenvalue weighted by atomic mass is 79.9. The summed E-state index contributed by atoms with van der Waals surface area (Å²) in [7, 11) is -1.46. The predicted octanol–water partition coefficient (Wildman–Crippen LogP) is 17.5. The third-order valence-corrected chi connectivity index (χ3v) is 18.2. The van der Waals surface area contributed by atoms with Crippen LogP contribution in [0.2, 0.25) is 0 Å². The average molecular weight is 1430 g/mol. The lowest BCUT2D eigenvalue weighted by Crippen LogP contribution is -2.54. The van der Waals surface area contributed by atoms with E-state index in [1.807, 2.05) is 51.1 Å². The lowest BCUT2D eigenvalue weighted by Gasteiger charge is -2.49. The van der Waals surface area contributed by atoms with E-state index in [0.717, 1.165) is 90.1 Å². The fraction of sp³-hybridized carbons (Fsp3) is 0.382. The quantitative estimate of drug-likeness (QED) is 0.0526. The van der Waals surface area contributed by atoms with E-state index in [1.54, 1.807) is 108 Å². The third-order valence-electron chi connectivity index (χ3n) is 17.7. The molecule has 3 aliphatic heterocycles. The van der Waals surface area contributed by atoms with Crippen molar-refractivity contribution >= 4 is 83.7 Å². The van der Waals surface area contributed by atoms with Gasteiger partial charge in [-0.25, -0.2) is 61.5 Å². The number of aliphatic imine (C=N–C) groups is 3. The summed E-state index contributed by atoms with van der Waals surface area (Å²) >= 11 is 3.40. The molecule has 0 bridgehead atoms. The van der Waals surface area contributed by atoms with Crippen LogP contribution < -0.4 is 16.4 Å². The van der Waals surface area contributed by atoms with Crippen molar-refractivity contribution in [1.29, 1.82) is 0 Å². The van der Waals surface area contributed by atoms with Gasteiger partial charge in [-0.05, 0) is 227 Å². The third kappa shape index (κ3) is 20.3. The normalized spacial score (nSPS) is 21.5. The molecule has 6 aromatic carbocycles. The molecular weight excluding hydrogens is 1350 g/mol. The topological polar surface area (TPSA) is 208 Å². The van der Waals surface area contributed by atoms with Crippen molar-refractivity contribution in [3.63, 3.8) is 0 Å². The maximum absolute atomic E-state index is 15.1. The Balaban J connectivity index is 0.000000161. The van der Waals surface area contributed by atoms with Gasteiger partial charge in [-0.3, -0.25) is 0 Å². The number of hydrogen-bond acceptors (Lipinski definition) is 13. The molecule has 524 valence electrons. The number of carbonyl (C=O) groups excluding carboxylic acids is 2. The minimum absolute atomic E-state index is 0.0503. The molecule has 6 aliphatic rings. The molecule has 15 nitrogen and oxygen atoms in total. The molecule has 23 heteroatoms. The SMILES string of the molecule is CC(C)(C)OC(=O)NC1=N[C@](C)(c2cc(/C=C/c3ccc(F)cc3)ccc2F)CC2(CCC2)O1.CC(C)(C)OC(=O)NC1=N[C@](C)(c2cc(Br)ccc2F)CC2(CCC2)O1.C[C@@]1(c2cc(/C=C/c3ccc(F)cc3)ccc2F)CC2(CCC2)OC(N)=N1.OB(O)/C=C/c1ccc(F)cc1. The van der Waals surface area contributed by atoms with E-state index >= 15 is 4.39 Å². The van der Waals surface area contributed by atoms with Crippen LogP contribution in [-0.2, 0) is 40.3 Å². The number of benzene rings is 6. The van der Waals surface area contributed by atoms with Crippen LogP contribution in [0, 0.1) is 34.9 Å². The maximum atomic E-state index is 15.1. The van der Waals surface area contributed by atoms with Gasteiger partial charge in [0.25, 0.3) is 18.1 Å². The van der Waals surface area contributed by atoms with E-state index in [4.69, 9.17) is 39.5 Å². The summed E-state index contributed by atoms with van der Waals surface area (Å²) < 4.78 is 112. The number of rotatable bonds is 9. The summed E-state index contributed by atoms with van der Waals surface area (Å²) in [5.41, 5.74) is 6.34. The zero-order valence-electron chi connectivity index (χ0n) is 57.0. The maximum Gasteiger partial charge on any atom is 0.480 e. The molecule has 2 amide bonds. The second-order valence-corrected chi connectivity index (χ2v) is 29.4. The van der Waals surface area contributed by atoms with Gasteiger partial charge in [0.05, 0.1) is 16.6 Å². The molecule has 3 aliphatic carbocycles. The number of halogens is 7. The summed E-state index contributed by atoms with van der Waals surface area (Å²) in [5, 5.41) is 22.1. The Labute approximate surface area is 583 Å². The van der Waals surface area contributed by atoms with Crippen LogP contribution in [0.1, 0.15) is 184 Å². The number of hydrogen-bond donors (Lipinski definition) is 5. The van der Waals surface area contributed by atoms with Crippen LogP contribution in [0.25, 0.3) is 30.4 Å². The van der Waals surface area contributed by atoms with Crippen LogP contribution in [0.5, 0.6) is 0 Å². The number of amides is 2.